The van der Waals surface area contributed by atoms with Crippen LogP contribution in [0.3, 0.4) is 0 Å². The summed E-state index contributed by atoms with van der Waals surface area (Å²) in [6, 6.07) is 0.543. The molecule has 0 fully saturated rings. The zero-order valence-electron chi connectivity index (χ0n) is 32.7. The molecular weight excluding hydrogens is 598 g/mol. The second-order valence-electron chi connectivity index (χ2n) is 14.7. The Morgan fingerprint density at radius 1 is 0.521 bits per heavy atom. The van der Waals surface area contributed by atoms with Crippen molar-refractivity contribution in [2.75, 3.05) is 33.4 Å². The number of nitrogens with zero attached hydrogens (tertiary/aromatic N) is 1. The minimum atomic E-state index is -0.0205. The number of aliphatic hydroxyl groups excluding tert-OH is 1. The monoisotopic (exact) mass is 682 g/mol. The predicted molar refractivity (Wildman–Crippen MR) is 204 cm³/mol. The van der Waals surface area contributed by atoms with Crippen LogP contribution < -0.4 is 0 Å². The molecule has 0 aliphatic rings. The summed E-state index contributed by atoms with van der Waals surface area (Å²) in [6.45, 7) is 8.89. The van der Waals surface area contributed by atoms with Crippen LogP contribution in [0.1, 0.15) is 213 Å². The fourth-order valence-electron chi connectivity index (χ4n) is 6.73. The lowest BCUT2D eigenvalue weighted by atomic mass is 9.96. The largest absolute Gasteiger partial charge is 0.466 e. The van der Waals surface area contributed by atoms with Crippen molar-refractivity contribution in [1.82, 2.24) is 4.90 Å². The molecule has 0 amide bonds. The average Bonchev–Trinajstić information content (AvgIpc) is 3.08. The lowest BCUT2D eigenvalue weighted by Crippen LogP contribution is -2.34. The quantitative estimate of drug-likeness (QED) is 0.0516. The molecule has 0 heterocycles. The fraction of sp³-hybridized carbons (Fsp3) is 0.952. The Kier molecular flexibility index (Phi) is 36.2. The van der Waals surface area contributed by atoms with Crippen molar-refractivity contribution in [3.8, 4) is 0 Å². The highest BCUT2D eigenvalue weighted by molar-refractivity contribution is 5.69. The molecule has 0 aliphatic carbocycles. The van der Waals surface area contributed by atoms with Gasteiger partial charge >= 0.3 is 11.9 Å². The van der Waals surface area contributed by atoms with Crippen molar-refractivity contribution < 1.29 is 24.2 Å². The number of hydrogen-bond acceptors (Lipinski definition) is 6. The Balaban J connectivity index is 3.91. The first-order chi connectivity index (χ1) is 23.5. The van der Waals surface area contributed by atoms with Crippen LogP contribution in [0.25, 0.3) is 0 Å². The number of carbonyl (C=O) groups excluding carboxylic acids is 2. The summed E-state index contributed by atoms with van der Waals surface area (Å²) in [5.74, 6) is 0.519. The Labute approximate surface area is 299 Å². The van der Waals surface area contributed by atoms with Crippen LogP contribution in [-0.2, 0) is 19.1 Å². The second-order valence-corrected chi connectivity index (χ2v) is 14.7. The Morgan fingerprint density at radius 2 is 0.938 bits per heavy atom. The first-order valence-corrected chi connectivity index (χ1v) is 21.1. The SMILES string of the molecule is CCCCCCCCOC(=O)CCCCCCCCC(CCCCCCCCC(=O)OCC(CCCC)CCCCCC)N(C)CCO. The van der Waals surface area contributed by atoms with Gasteiger partial charge in [0.05, 0.1) is 19.8 Å². The van der Waals surface area contributed by atoms with E-state index in [4.69, 9.17) is 9.47 Å². The van der Waals surface area contributed by atoms with E-state index in [0.717, 1.165) is 38.6 Å². The van der Waals surface area contributed by atoms with E-state index in [2.05, 4.69) is 32.7 Å². The van der Waals surface area contributed by atoms with Gasteiger partial charge in [0.15, 0.2) is 0 Å². The highest BCUT2D eigenvalue weighted by atomic mass is 16.5. The smallest absolute Gasteiger partial charge is 0.305 e. The van der Waals surface area contributed by atoms with E-state index >= 15 is 0 Å². The highest BCUT2D eigenvalue weighted by Crippen LogP contribution is 2.20. The summed E-state index contributed by atoms with van der Waals surface area (Å²) < 4.78 is 11.1. The van der Waals surface area contributed by atoms with E-state index in [-0.39, 0.29) is 18.5 Å². The van der Waals surface area contributed by atoms with Crippen LogP contribution in [0, 0.1) is 5.92 Å². The zero-order chi connectivity index (χ0) is 35.3. The van der Waals surface area contributed by atoms with E-state index < -0.39 is 0 Å². The van der Waals surface area contributed by atoms with Gasteiger partial charge in [-0.1, -0.05) is 156 Å². The molecule has 1 N–H and O–H groups in total. The average molecular weight is 682 g/mol. The lowest BCUT2D eigenvalue weighted by molar-refractivity contribution is -0.145. The first-order valence-electron chi connectivity index (χ1n) is 21.1. The normalized spacial score (nSPS) is 12.8. The molecule has 0 aliphatic heterocycles. The molecule has 0 radical (unpaired) electrons. The molecule has 0 aromatic carbocycles. The van der Waals surface area contributed by atoms with Crippen molar-refractivity contribution in [3.63, 3.8) is 0 Å². The van der Waals surface area contributed by atoms with Crippen LogP contribution in [0.15, 0.2) is 0 Å². The molecule has 0 saturated heterocycles. The summed E-state index contributed by atoms with van der Waals surface area (Å²) in [5, 5.41) is 9.49. The van der Waals surface area contributed by atoms with Gasteiger partial charge in [-0.2, -0.15) is 0 Å². The number of aliphatic hydroxyl groups is 1. The maximum absolute atomic E-state index is 12.3. The van der Waals surface area contributed by atoms with Gasteiger partial charge in [0, 0.05) is 25.4 Å². The summed E-state index contributed by atoms with van der Waals surface area (Å²) >= 11 is 0. The van der Waals surface area contributed by atoms with Crippen LogP contribution in [0.2, 0.25) is 0 Å². The maximum atomic E-state index is 12.3. The van der Waals surface area contributed by atoms with Crippen molar-refractivity contribution in [2.24, 2.45) is 5.92 Å². The topological polar surface area (TPSA) is 76.1 Å². The second kappa shape index (κ2) is 37.1. The Morgan fingerprint density at radius 3 is 1.48 bits per heavy atom. The third-order valence-electron chi connectivity index (χ3n) is 10.1. The first kappa shape index (κ1) is 46.9. The van der Waals surface area contributed by atoms with Crippen molar-refractivity contribution in [2.45, 2.75) is 219 Å². The molecule has 2 unspecified atom stereocenters. The van der Waals surface area contributed by atoms with Crippen LogP contribution in [0.4, 0.5) is 0 Å². The molecule has 0 saturated carbocycles. The van der Waals surface area contributed by atoms with E-state index in [1.54, 1.807) is 0 Å². The molecule has 0 spiro atoms. The Hall–Kier alpha value is -1.14. The minimum absolute atomic E-state index is 0.00129. The number of hydrogen-bond donors (Lipinski definition) is 1. The van der Waals surface area contributed by atoms with Gasteiger partial charge < -0.3 is 19.5 Å². The van der Waals surface area contributed by atoms with E-state index in [9.17, 15) is 14.7 Å². The Bertz CT molecular complexity index is 687. The standard InChI is InChI=1S/C42H83NO5/c1-5-8-11-13-22-28-37-47-41(45)33-26-20-16-14-18-24-31-40(43(4)35-36-44)32-25-19-15-17-21-27-34-42(46)48-38-39(29-10-7-3)30-23-12-9-6-2/h39-40,44H,5-38H2,1-4H3. The number of rotatable bonds is 38. The van der Waals surface area contributed by atoms with Crippen molar-refractivity contribution >= 4 is 11.9 Å². The fourth-order valence-corrected chi connectivity index (χ4v) is 6.73. The number of ether oxygens (including phenoxy) is 2. The van der Waals surface area contributed by atoms with Gasteiger partial charge in [0.2, 0.25) is 0 Å². The van der Waals surface area contributed by atoms with Crippen LogP contribution >= 0.6 is 0 Å². The maximum Gasteiger partial charge on any atom is 0.305 e. The summed E-state index contributed by atoms with van der Waals surface area (Å²) in [5.41, 5.74) is 0. The third-order valence-corrected chi connectivity index (χ3v) is 10.1. The summed E-state index contributed by atoms with van der Waals surface area (Å²) in [7, 11) is 2.16. The molecular formula is C42H83NO5. The lowest BCUT2D eigenvalue weighted by Gasteiger charge is -2.27. The molecule has 0 aromatic rings. The van der Waals surface area contributed by atoms with E-state index in [0.29, 0.717) is 38.0 Å². The molecule has 6 nitrogen and oxygen atoms in total. The summed E-state index contributed by atoms with van der Waals surface area (Å²) in [6.07, 6.45) is 34.7. The number of esters is 2. The number of carbonyl (C=O) groups is 2. The van der Waals surface area contributed by atoms with Gasteiger partial charge in [-0.05, 0) is 57.9 Å². The molecule has 0 aromatic heterocycles. The van der Waals surface area contributed by atoms with Gasteiger partial charge in [0.25, 0.3) is 0 Å². The number of likely N-dealkylation sites (N-methyl/N-ethyl adjacent to an activating group) is 1. The molecule has 0 bridgehead atoms. The van der Waals surface area contributed by atoms with Gasteiger partial charge in [-0.15, -0.1) is 0 Å². The third kappa shape index (κ3) is 32.1. The van der Waals surface area contributed by atoms with Crippen molar-refractivity contribution in [1.29, 1.82) is 0 Å². The van der Waals surface area contributed by atoms with Crippen LogP contribution in [-0.4, -0.2) is 61.4 Å². The molecule has 286 valence electrons. The molecule has 48 heavy (non-hydrogen) atoms. The van der Waals surface area contributed by atoms with Gasteiger partial charge in [-0.25, -0.2) is 0 Å². The molecule has 2 atom stereocenters. The highest BCUT2D eigenvalue weighted by Gasteiger charge is 2.14. The summed E-state index contributed by atoms with van der Waals surface area (Å²) in [4.78, 5) is 26.6. The van der Waals surface area contributed by atoms with Gasteiger partial charge in [0.1, 0.15) is 0 Å². The van der Waals surface area contributed by atoms with Crippen molar-refractivity contribution in [3.05, 3.63) is 0 Å². The molecule has 6 heteroatoms. The number of unbranched alkanes of at least 4 members (excludes halogenated alkanes) is 19. The van der Waals surface area contributed by atoms with E-state index in [1.165, 1.54) is 148 Å². The van der Waals surface area contributed by atoms with E-state index in [1.807, 2.05) is 0 Å². The van der Waals surface area contributed by atoms with Gasteiger partial charge in [-0.3, -0.25) is 9.59 Å². The van der Waals surface area contributed by atoms with Crippen LogP contribution in [0.5, 0.6) is 0 Å². The zero-order valence-corrected chi connectivity index (χ0v) is 32.7. The minimum Gasteiger partial charge on any atom is -0.466 e. The predicted octanol–water partition coefficient (Wildman–Crippen LogP) is 11.7. The molecule has 0 rings (SSSR count).